The molecule has 0 bridgehead atoms. The van der Waals surface area contributed by atoms with Crippen molar-refractivity contribution in [3.05, 3.63) is 51.2 Å². The highest BCUT2D eigenvalue weighted by Gasteiger charge is 2.21. The van der Waals surface area contributed by atoms with E-state index in [9.17, 15) is 4.79 Å². The van der Waals surface area contributed by atoms with Crippen LogP contribution in [0.5, 0.6) is 0 Å². The van der Waals surface area contributed by atoms with Gasteiger partial charge in [-0.1, -0.05) is 18.2 Å². The molecule has 0 atom stereocenters. The number of benzene rings is 1. The Morgan fingerprint density at radius 2 is 1.95 bits per heavy atom. The number of anilines is 1. The highest BCUT2D eigenvalue weighted by Crippen LogP contribution is 2.24. The lowest BCUT2D eigenvalue weighted by Crippen LogP contribution is -2.36. The molecule has 21 heavy (non-hydrogen) atoms. The number of hydrogen-bond donors (Lipinski definition) is 1. The number of rotatable bonds is 4. The zero-order valence-electron chi connectivity index (χ0n) is 13.0. The minimum Gasteiger partial charge on any atom is -0.398 e. The minimum atomic E-state index is 0.0782. The molecular weight excluding hydrogens is 280 g/mol. The van der Waals surface area contributed by atoms with Crippen LogP contribution >= 0.6 is 11.3 Å². The maximum Gasteiger partial charge on any atom is 0.264 e. The van der Waals surface area contributed by atoms with E-state index in [1.807, 2.05) is 62.9 Å². The number of hydrogen-bond acceptors (Lipinski definition) is 3. The molecular formula is C17H22N2OS. The molecule has 0 saturated carbocycles. The van der Waals surface area contributed by atoms with Gasteiger partial charge in [0.2, 0.25) is 0 Å². The number of nitrogens with two attached hydrogens (primary N) is 1. The van der Waals surface area contributed by atoms with Gasteiger partial charge in [-0.15, -0.1) is 11.3 Å². The molecule has 0 aliphatic heterocycles. The lowest BCUT2D eigenvalue weighted by Gasteiger charge is -2.27. The van der Waals surface area contributed by atoms with Crippen LogP contribution in [0, 0.1) is 13.8 Å². The maximum atomic E-state index is 12.8. The monoisotopic (exact) mass is 302 g/mol. The van der Waals surface area contributed by atoms with E-state index in [0.717, 1.165) is 16.1 Å². The van der Waals surface area contributed by atoms with Crippen molar-refractivity contribution in [2.75, 3.05) is 5.73 Å². The zero-order valence-corrected chi connectivity index (χ0v) is 13.8. The fourth-order valence-corrected chi connectivity index (χ4v) is 3.16. The molecule has 112 valence electrons. The molecule has 0 fully saturated rings. The molecule has 1 aromatic carbocycles. The van der Waals surface area contributed by atoms with Gasteiger partial charge in [-0.05, 0) is 51.0 Å². The topological polar surface area (TPSA) is 46.3 Å². The average molecular weight is 302 g/mol. The van der Waals surface area contributed by atoms with Gasteiger partial charge >= 0.3 is 0 Å². The number of para-hydroxylation sites is 1. The van der Waals surface area contributed by atoms with Gasteiger partial charge in [-0.3, -0.25) is 4.79 Å². The number of carbonyl (C=O) groups excluding carboxylic acids is 1. The van der Waals surface area contributed by atoms with E-state index in [2.05, 4.69) is 0 Å². The summed E-state index contributed by atoms with van der Waals surface area (Å²) >= 11 is 1.56. The summed E-state index contributed by atoms with van der Waals surface area (Å²) in [4.78, 5) is 16.6. The van der Waals surface area contributed by atoms with Gasteiger partial charge < -0.3 is 10.6 Å². The van der Waals surface area contributed by atoms with Crippen LogP contribution in [0.3, 0.4) is 0 Å². The predicted octanol–water partition coefficient (Wildman–Crippen LogP) is 4.00. The first-order chi connectivity index (χ1) is 9.90. The Morgan fingerprint density at radius 1 is 1.29 bits per heavy atom. The lowest BCUT2D eigenvalue weighted by molar-refractivity contribution is 0.0696. The second kappa shape index (κ2) is 6.31. The number of nitrogen functional groups attached to an aromatic ring is 1. The fourth-order valence-electron chi connectivity index (χ4n) is 2.17. The molecule has 0 spiro atoms. The van der Waals surface area contributed by atoms with Crippen molar-refractivity contribution in [2.45, 2.75) is 40.3 Å². The molecule has 0 saturated heterocycles. The number of aryl methyl sites for hydroxylation is 2. The minimum absolute atomic E-state index is 0.0782. The fraction of sp³-hybridized carbons (Fsp3) is 0.353. The van der Waals surface area contributed by atoms with E-state index >= 15 is 0 Å². The Hall–Kier alpha value is -1.81. The van der Waals surface area contributed by atoms with Gasteiger partial charge in [0.1, 0.15) is 0 Å². The molecule has 2 aromatic rings. The van der Waals surface area contributed by atoms with Gasteiger partial charge in [-0.2, -0.15) is 0 Å². The highest BCUT2D eigenvalue weighted by atomic mass is 32.1. The van der Waals surface area contributed by atoms with Crippen molar-refractivity contribution >= 4 is 22.9 Å². The molecule has 1 amide bonds. The third-order valence-corrected chi connectivity index (χ3v) is 4.80. The number of nitrogens with zero attached hydrogens (tertiary/aromatic N) is 1. The molecule has 4 heteroatoms. The zero-order chi connectivity index (χ0) is 15.6. The van der Waals surface area contributed by atoms with Crippen LogP contribution in [0.1, 0.15) is 39.5 Å². The summed E-state index contributed by atoms with van der Waals surface area (Å²) < 4.78 is 0. The smallest absolute Gasteiger partial charge is 0.264 e. The molecule has 1 heterocycles. The van der Waals surface area contributed by atoms with E-state index in [1.54, 1.807) is 11.3 Å². The van der Waals surface area contributed by atoms with Crippen molar-refractivity contribution in [3.8, 4) is 0 Å². The van der Waals surface area contributed by atoms with Crippen LogP contribution < -0.4 is 5.73 Å². The van der Waals surface area contributed by atoms with E-state index in [-0.39, 0.29) is 11.9 Å². The second-order valence-electron chi connectivity index (χ2n) is 5.58. The van der Waals surface area contributed by atoms with Gasteiger partial charge in [0, 0.05) is 23.2 Å². The molecule has 0 radical (unpaired) electrons. The van der Waals surface area contributed by atoms with Gasteiger partial charge in [0.15, 0.2) is 0 Å². The predicted molar refractivity (Wildman–Crippen MR) is 89.7 cm³/mol. The molecule has 0 aliphatic rings. The van der Waals surface area contributed by atoms with Crippen LogP contribution in [-0.2, 0) is 6.54 Å². The Labute approximate surface area is 130 Å². The van der Waals surface area contributed by atoms with Crippen LogP contribution in [0.2, 0.25) is 0 Å². The summed E-state index contributed by atoms with van der Waals surface area (Å²) in [5.74, 6) is 0.0782. The normalized spacial score (nSPS) is 10.9. The van der Waals surface area contributed by atoms with Crippen LogP contribution in [0.15, 0.2) is 30.3 Å². The highest BCUT2D eigenvalue weighted by molar-refractivity contribution is 7.14. The Bertz CT molecular complexity index is 626. The molecule has 2 rings (SSSR count). The van der Waals surface area contributed by atoms with Gasteiger partial charge in [-0.25, -0.2) is 0 Å². The van der Waals surface area contributed by atoms with Crippen LogP contribution in [0.25, 0.3) is 0 Å². The summed E-state index contributed by atoms with van der Waals surface area (Å²) in [6.07, 6.45) is 0. The molecule has 1 aromatic heterocycles. The number of amides is 1. The van der Waals surface area contributed by atoms with E-state index in [4.69, 9.17) is 5.73 Å². The van der Waals surface area contributed by atoms with Crippen LogP contribution in [-0.4, -0.2) is 16.8 Å². The number of thiophene rings is 1. The summed E-state index contributed by atoms with van der Waals surface area (Å²) in [6, 6.07) is 9.81. The van der Waals surface area contributed by atoms with E-state index in [0.29, 0.717) is 6.54 Å². The maximum absolute atomic E-state index is 12.8. The van der Waals surface area contributed by atoms with Crippen molar-refractivity contribution < 1.29 is 4.79 Å². The summed E-state index contributed by atoms with van der Waals surface area (Å²) in [5, 5.41) is 0. The van der Waals surface area contributed by atoms with Crippen molar-refractivity contribution in [1.29, 1.82) is 0 Å². The Morgan fingerprint density at radius 3 is 2.48 bits per heavy atom. The molecule has 0 unspecified atom stereocenters. The second-order valence-corrected chi connectivity index (χ2v) is 6.83. The standard InChI is InChI=1S/C17H22N2OS/c1-11(2)19(10-14-7-5-6-8-15(14)18)17(20)16-9-12(3)13(4)21-16/h5-9,11H,10,18H2,1-4H3. The summed E-state index contributed by atoms with van der Waals surface area (Å²) in [5.41, 5.74) is 8.89. The van der Waals surface area contributed by atoms with E-state index in [1.165, 1.54) is 10.4 Å². The Balaban J connectivity index is 2.27. The average Bonchev–Trinajstić information content (AvgIpc) is 2.77. The molecule has 2 N–H and O–H groups in total. The van der Waals surface area contributed by atoms with Crippen molar-refractivity contribution in [1.82, 2.24) is 4.90 Å². The quantitative estimate of drug-likeness (QED) is 0.868. The first-order valence-electron chi connectivity index (χ1n) is 7.11. The summed E-state index contributed by atoms with van der Waals surface area (Å²) in [6.45, 7) is 8.69. The third kappa shape index (κ3) is 3.45. The van der Waals surface area contributed by atoms with Crippen molar-refractivity contribution in [3.63, 3.8) is 0 Å². The SMILES string of the molecule is Cc1cc(C(=O)N(Cc2ccccc2N)C(C)C)sc1C. The number of carbonyl (C=O) groups is 1. The first-order valence-corrected chi connectivity index (χ1v) is 7.93. The lowest BCUT2D eigenvalue weighted by atomic mass is 10.1. The van der Waals surface area contributed by atoms with Gasteiger partial charge in [0.25, 0.3) is 5.91 Å². The van der Waals surface area contributed by atoms with E-state index < -0.39 is 0 Å². The summed E-state index contributed by atoms with van der Waals surface area (Å²) in [7, 11) is 0. The third-order valence-electron chi connectivity index (χ3n) is 3.66. The van der Waals surface area contributed by atoms with Crippen molar-refractivity contribution in [2.24, 2.45) is 0 Å². The Kier molecular flexibility index (Phi) is 4.68. The largest absolute Gasteiger partial charge is 0.398 e. The van der Waals surface area contributed by atoms with Crippen LogP contribution in [0.4, 0.5) is 5.69 Å². The van der Waals surface area contributed by atoms with Gasteiger partial charge in [0.05, 0.1) is 4.88 Å². The molecule has 3 nitrogen and oxygen atoms in total. The first kappa shape index (κ1) is 15.6. The molecule has 0 aliphatic carbocycles.